The summed E-state index contributed by atoms with van der Waals surface area (Å²) in [5.41, 5.74) is 7.34. The highest BCUT2D eigenvalue weighted by atomic mass is 32.1. The molecule has 2 N–H and O–H groups in total. The molecule has 0 aliphatic heterocycles. The van der Waals surface area contributed by atoms with Gasteiger partial charge in [-0.05, 0) is 19.3 Å². The average Bonchev–Trinajstić information content (AvgIpc) is 2.42. The van der Waals surface area contributed by atoms with Crippen LogP contribution < -0.4 is 5.73 Å². The Morgan fingerprint density at radius 2 is 2.50 bits per heavy atom. The van der Waals surface area contributed by atoms with Crippen molar-refractivity contribution in [2.45, 2.75) is 32.2 Å². The zero-order valence-electron chi connectivity index (χ0n) is 7.50. The largest absolute Gasteiger partial charge is 0.324 e. The van der Waals surface area contributed by atoms with Gasteiger partial charge >= 0.3 is 0 Å². The quantitative estimate of drug-likeness (QED) is 0.756. The van der Waals surface area contributed by atoms with Gasteiger partial charge in [0.25, 0.3) is 0 Å². The van der Waals surface area contributed by atoms with Gasteiger partial charge in [0.05, 0.1) is 10.7 Å². The molecular formula is C9H14N2S. The van der Waals surface area contributed by atoms with E-state index in [9.17, 15) is 0 Å². The van der Waals surface area contributed by atoms with Crippen LogP contribution >= 0.6 is 11.3 Å². The molecule has 0 amide bonds. The molecule has 12 heavy (non-hydrogen) atoms. The molecule has 0 spiro atoms. The van der Waals surface area contributed by atoms with Crippen molar-refractivity contribution < 1.29 is 0 Å². The molecule has 2 unspecified atom stereocenters. The Morgan fingerprint density at radius 1 is 1.83 bits per heavy atom. The maximum Gasteiger partial charge on any atom is 0.0897 e. The fraction of sp³-hybridized carbons (Fsp3) is 0.667. The summed E-state index contributed by atoms with van der Waals surface area (Å²) >= 11 is 1.71. The second-order valence-electron chi connectivity index (χ2n) is 3.87. The number of hydrogen-bond acceptors (Lipinski definition) is 3. The summed E-state index contributed by atoms with van der Waals surface area (Å²) in [6, 6.07) is 0. The number of hydrogen-bond donors (Lipinski definition) is 1. The first-order valence-electron chi connectivity index (χ1n) is 4.30. The average molecular weight is 182 g/mol. The highest BCUT2D eigenvalue weighted by Gasteiger charge is 2.47. The van der Waals surface area contributed by atoms with E-state index < -0.39 is 0 Å². The number of rotatable bonds is 2. The Labute approximate surface area is 76.8 Å². The third kappa shape index (κ3) is 1.39. The molecule has 2 nitrogen and oxygen atoms in total. The highest BCUT2D eigenvalue weighted by molar-refractivity contribution is 7.09. The number of thiazole rings is 1. The van der Waals surface area contributed by atoms with Gasteiger partial charge in [0.1, 0.15) is 0 Å². The summed E-state index contributed by atoms with van der Waals surface area (Å²) in [7, 11) is 0. The van der Waals surface area contributed by atoms with Crippen LogP contribution in [0.4, 0.5) is 0 Å². The van der Waals surface area contributed by atoms with Crippen molar-refractivity contribution in [3.8, 4) is 0 Å². The van der Waals surface area contributed by atoms with E-state index in [0.29, 0.717) is 5.92 Å². The Hall–Kier alpha value is -0.410. The zero-order valence-corrected chi connectivity index (χ0v) is 8.32. The van der Waals surface area contributed by atoms with Crippen LogP contribution in [-0.2, 0) is 6.42 Å². The van der Waals surface area contributed by atoms with Crippen molar-refractivity contribution in [2.75, 3.05) is 0 Å². The molecule has 1 heterocycles. The standard InChI is InChI=1S/C9H14N2S/c1-6-3-9(6,10)4-8-5-12-7(2)11-8/h5-6H,3-4,10H2,1-2H3. The van der Waals surface area contributed by atoms with Gasteiger partial charge in [0.15, 0.2) is 0 Å². The second-order valence-corrected chi connectivity index (χ2v) is 4.94. The third-order valence-corrected chi connectivity index (χ3v) is 3.51. The van der Waals surface area contributed by atoms with Crippen LogP contribution in [0.25, 0.3) is 0 Å². The first-order valence-corrected chi connectivity index (χ1v) is 5.18. The SMILES string of the molecule is Cc1nc(CC2(N)CC2C)cs1. The van der Waals surface area contributed by atoms with Crippen LogP contribution in [0, 0.1) is 12.8 Å². The van der Waals surface area contributed by atoms with Crippen LogP contribution in [-0.4, -0.2) is 10.5 Å². The van der Waals surface area contributed by atoms with Crippen LogP contribution in [0.15, 0.2) is 5.38 Å². The van der Waals surface area contributed by atoms with Gasteiger partial charge in [0.2, 0.25) is 0 Å². The monoisotopic (exact) mass is 182 g/mol. The van der Waals surface area contributed by atoms with Crippen LogP contribution in [0.5, 0.6) is 0 Å². The molecule has 2 atom stereocenters. The maximum absolute atomic E-state index is 6.10. The van der Waals surface area contributed by atoms with Crippen molar-refractivity contribution in [1.82, 2.24) is 4.98 Å². The lowest BCUT2D eigenvalue weighted by molar-refractivity contribution is 0.607. The third-order valence-electron chi connectivity index (χ3n) is 2.68. The van der Waals surface area contributed by atoms with E-state index in [4.69, 9.17) is 5.73 Å². The van der Waals surface area contributed by atoms with E-state index in [-0.39, 0.29) is 5.54 Å². The van der Waals surface area contributed by atoms with Gasteiger partial charge in [-0.2, -0.15) is 0 Å². The van der Waals surface area contributed by atoms with Gasteiger partial charge < -0.3 is 5.73 Å². The predicted molar refractivity (Wildman–Crippen MR) is 51.3 cm³/mol. The second kappa shape index (κ2) is 2.54. The summed E-state index contributed by atoms with van der Waals surface area (Å²) in [6.45, 7) is 4.24. The van der Waals surface area contributed by atoms with E-state index in [2.05, 4.69) is 17.3 Å². The Kier molecular flexibility index (Phi) is 1.73. The fourth-order valence-corrected chi connectivity index (χ4v) is 2.20. The van der Waals surface area contributed by atoms with E-state index in [1.807, 2.05) is 6.92 Å². The molecule has 2 rings (SSSR count). The molecule has 1 aromatic rings. The van der Waals surface area contributed by atoms with Gasteiger partial charge in [-0.25, -0.2) is 4.98 Å². The highest BCUT2D eigenvalue weighted by Crippen LogP contribution is 2.42. The van der Waals surface area contributed by atoms with Gasteiger partial charge in [-0.15, -0.1) is 11.3 Å². The van der Waals surface area contributed by atoms with Crippen molar-refractivity contribution in [1.29, 1.82) is 0 Å². The molecule has 3 heteroatoms. The number of aromatic nitrogens is 1. The molecule has 0 radical (unpaired) electrons. The minimum atomic E-state index is 0.0700. The lowest BCUT2D eigenvalue weighted by Crippen LogP contribution is -2.27. The molecule has 0 aromatic carbocycles. The molecule has 0 bridgehead atoms. The molecule has 66 valence electrons. The minimum Gasteiger partial charge on any atom is -0.324 e. The summed E-state index contributed by atoms with van der Waals surface area (Å²) in [5, 5.41) is 3.26. The fourth-order valence-electron chi connectivity index (χ4n) is 1.58. The molecule has 0 saturated heterocycles. The van der Waals surface area contributed by atoms with Crippen LogP contribution in [0.2, 0.25) is 0 Å². The molecule has 1 saturated carbocycles. The Balaban J connectivity index is 2.05. The molecule has 1 aromatic heterocycles. The van der Waals surface area contributed by atoms with E-state index in [0.717, 1.165) is 17.8 Å². The van der Waals surface area contributed by atoms with Crippen LogP contribution in [0.1, 0.15) is 24.0 Å². The van der Waals surface area contributed by atoms with Gasteiger partial charge in [-0.1, -0.05) is 6.92 Å². The number of nitrogens with two attached hydrogens (primary N) is 1. The van der Waals surface area contributed by atoms with E-state index >= 15 is 0 Å². The number of aryl methyl sites for hydroxylation is 1. The maximum atomic E-state index is 6.10. The summed E-state index contributed by atoms with van der Waals surface area (Å²) in [6.07, 6.45) is 2.11. The van der Waals surface area contributed by atoms with Gasteiger partial charge in [0, 0.05) is 17.3 Å². The first-order chi connectivity index (χ1) is 5.60. The molecule has 1 aliphatic carbocycles. The van der Waals surface area contributed by atoms with Crippen molar-refractivity contribution >= 4 is 11.3 Å². The lowest BCUT2D eigenvalue weighted by atomic mass is 10.1. The predicted octanol–water partition coefficient (Wildman–Crippen LogP) is 1.73. The van der Waals surface area contributed by atoms with E-state index in [1.54, 1.807) is 11.3 Å². The topological polar surface area (TPSA) is 38.9 Å². The van der Waals surface area contributed by atoms with Gasteiger partial charge in [-0.3, -0.25) is 0 Å². The molecular weight excluding hydrogens is 168 g/mol. The first kappa shape index (κ1) is 8.20. The summed E-state index contributed by atoms with van der Waals surface area (Å²) in [4.78, 5) is 4.41. The molecule has 1 aliphatic rings. The lowest BCUT2D eigenvalue weighted by Gasteiger charge is -2.06. The number of nitrogens with zero attached hydrogens (tertiary/aromatic N) is 1. The smallest absolute Gasteiger partial charge is 0.0897 e. The van der Waals surface area contributed by atoms with Crippen molar-refractivity contribution in [3.05, 3.63) is 16.1 Å². The normalized spacial score (nSPS) is 33.8. The summed E-state index contributed by atoms with van der Waals surface area (Å²) in [5.74, 6) is 0.680. The Morgan fingerprint density at radius 3 is 2.92 bits per heavy atom. The minimum absolute atomic E-state index is 0.0700. The zero-order chi connectivity index (χ0) is 8.77. The van der Waals surface area contributed by atoms with Crippen molar-refractivity contribution in [2.24, 2.45) is 11.7 Å². The van der Waals surface area contributed by atoms with Crippen LogP contribution in [0.3, 0.4) is 0 Å². The Bertz CT molecular complexity index is 294. The van der Waals surface area contributed by atoms with E-state index in [1.165, 1.54) is 5.69 Å². The molecule has 1 fully saturated rings. The van der Waals surface area contributed by atoms with Crippen molar-refractivity contribution in [3.63, 3.8) is 0 Å². The summed E-state index contributed by atoms with van der Waals surface area (Å²) < 4.78 is 0.